The molecule has 0 aromatic carbocycles. The summed E-state index contributed by atoms with van der Waals surface area (Å²) < 4.78 is 5.13. The van der Waals surface area contributed by atoms with Gasteiger partial charge in [-0.15, -0.1) is 0 Å². The summed E-state index contributed by atoms with van der Waals surface area (Å²) in [6.45, 7) is 5.99. The van der Waals surface area contributed by atoms with E-state index in [1.165, 1.54) is 12.7 Å². The zero-order valence-corrected chi connectivity index (χ0v) is 14.1. The number of nitrogens with two attached hydrogens (primary N) is 1. The van der Waals surface area contributed by atoms with E-state index < -0.39 is 0 Å². The molecule has 2 heterocycles. The van der Waals surface area contributed by atoms with Gasteiger partial charge in [-0.25, -0.2) is 4.98 Å². The highest BCUT2D eigenvalue weighted by Crippen LogP contribution is 2.63. The number of rotatable bonds is 2. The Bertz CT molecular complexity index is 687. The number of ether oxygens (including phenoxy) is 1. The van der Waals surface area contributed by atoms with Crippen LogP contribution in [0.15, 0.2) is 0 Å². The number of esters is 1. The van der Waals surface area contributed by atoms with Crippen LogP contribution in [0.1, 0.15) is 37.9 Å². The van der Waals surface area contributed by atoms with Gasteiger partial charge in [0, 0.05) is 18.7 Å². The third-order valence-electron chi connectivity index (χ3n) is 6.08. The van der Waals surface area contributed by atoms with Gasteiger partial charge in [-0.05, 0) is 37.0 Å². The minimum absolute atomic E-state index is 0.0806. The van der Waals surface area contributed by atoms with Gasteiger partial charge in [-0.3, -0.25) is 4.79 Å². The Morgan fingerprint density at radius 3 is 2.83 bits per heavy atom. The van der Waals surface area contributed by atoms with E-state index in [0.717, 1.165) is 43.7 Å². The fraction of sp³-hybridized carbons (Fsp3) is 0.706. The van der Waals surface area contributed by atoms with E-state index in [1.807, 2.05) is 0 Å². The number of methoxy groups -OCH3 is 1. The van der Waals surface area contributed by atoms with Crippen LogP contribution in [0.4, 0.5) is 11.8 Å². The van der Waals surface area contributed by atoms with Gasteiger partial charge in [0.1, 0.15) is 5.82 Å². The van der Waals surface area contributed by atoms with Crippen molar-refractivity contribution in [3.05, 3.63) is 11.3 Å². The minimum atomic E-state index is -0.385. The molecule has 0 spiro atoms. The van der Waals surface area contributed by atoms with E-state index in [-0.39, 0.29) is 16.8 Å². The average Bonchev–Trinajstić information content (AvgIpc) is 3.08. The van der Waals surface area contributed by atoms with E-state index in [9.17, 15) is 4.79 Å². The lowest BCUT2D eigenvalue weighted by molar-refractivity contribution is -0.174. The summed E-state index contributed by atoms with van der Waals surface area (Å²) in [5, 5.41) is 0. The Hall–Kier alpha value is -1.85. The van der Waals surface area contributed by atoms with E-state index in [2.05, 4.69) is 28.7 Å². The molecule has 1 aromatic rings. The first-order valence-electron chi connectivity index (χ1n) is 8.36. The monoisotopic (exact) mass is 316 g/mol. The maximum absolute atomic E-state index is 12.5. The normalized spacial score (nSPS) is 30.6. The highest BCUT2D eigenvalue weighted by Gasteiger charge is 2.67. The molecule has 3 aliphatic rings. The van der Waals surface area contributed by atoms with Crippen LogP contribution in [0.2, 0.25) is 0 Å². The van der Waals surface area contributed by atoms with Crippen molar-refractivity contribution in [3.63, 3.8) is 0 Å². The molecule has 0 amide bonds. The Morgan fingerprint density at radius 2 is 2.13 bits per heavy atom. The Labute approximate surface area is 136 Å². The average molecular weight is 316 g/mol. The second kappa shape index (κ2) is 4.58. The summed E-state index contributed by atoms with van der Waals surface area (Å²) in [7, 11) is 1.49. The Balaban J connectivity index is 1.72. The maximum atomic E-state index is 12.5. The SMILES string of the molecule is COC(=O)[C@@]12CN(c3nc(N)nc4c3CCC4)C[C@@H]1C(C)(C)C2. The molecular weight excluding hydrogens is 292 g/mol. The van der Waals surface area contributed by atoms with Crippen LogP contribution in [0.3, 0.4) is 0 Å². The van der Waals surface area contributed by atoms with E-state index >= 15 is 0 Å². The molecule has 0 unspecified atom stereocenters. The van der Waals surface area contributed by atoms with Gasteiger partial charge < -0.3 is 15.4 Å². The van der Waals surface area contributed by atoms with Crippen LogP contribution < -0.4 is 10.6 Å². The molecule has 0 bridgehead atoms. The highest BCUT2D eigenvalue weighted by molar-refractivity contribution is 5.81. The van der Waals surface area contributed by atoms with Gasteiger partial charge in [-0.2, -0.15) is 4.98 Å². The largest absolute Gasteiger partial charge is 0.469 e. The van der Waals surface area contributed by atoms with Crippen LogP contribution in [0.5, 0.6) is 0 Å². The summed E-state index contributed by atoms with van der Waals surface area (Å²) in [6, 6.07) is 0. The molecule has 6 nitrogen and oxygen atoms in total. The van der Waals surface area contributed by atoms with Crippen molar-refractivity contribution in [2.24, 2.45) is 16.7 Å². The molecule has 2 atom stereocenters. The number of fused-ring (bicyclic) bond motifs is 2. The second-order valence-corrected chi connectivity index (χ2v) is 7.93. The molecule has 6 heteroatoms. The molecule has 1 aromatic heterocycles. The van der Waals surface area contributed by atoms with Crippen molar-refractivity contribution in [2.75, 3.05) is 30.8 Å². The second-order valence-electron chi connectivity index (χ2n) is 7.93. The number of nitrogen functional groups attached to an aromatic ring is 1. The van der Waals surface area contributed by atoms with Crippen molar-refractivity contribution in [1.29, 1.82) is 0 Å². The van der Waals surface area contributed by atoms with Crippen LogP contribution in [-0.2, 0) is 22.4 Å². The van der Waals surface area contributed by atoms with Crippen molar-refractivity contribution < 1.29 is 9.53 Å². The Kier molecular flexibility index (Phi) is 2.93. The van der Waals surface area contributed by atoms with Crippen molar-refractivity contribution in [3.8, 4) is 0 Å². The van der Waals surface area contributed by atoms with Gasteiger partial charge in [0.25, 0.3) is 0 Å². The fourth-order valence-electron chi connectivity index (χ4n) is 5.23. The number of nitrogens with zero attached hydrogens (tertiary/aromatic N) is 3. The smallest absolute Gasteiger partial charge is 0.313 e. The fourth-order valence-corrected chi connectivity index (χ4v) is 5.23. The molecular formula is C17H24N4O2. The number of hydrogen-bond donors (Lipinski definition) is 1. The highest BCUT2D eigenvalue weighted by atomic mass is 16.5. The quantitative estimate of drug-likeness (QED) is 0.834. The number of aromatic nitrogens is 2. The molecule has 2 aliphatic carbocycles. The molecule has 4 rings (SSSR count). The summed E-state index contributed by atoms with van der Waals surface area (Å²) in [6.07, 6.45) is 3.95. The van der Waals surface area contributed by atoms with E-state index in [0.29, 0.717) is 18.4 Å². The van der Waals surface area contributed by atoms with Gasteiger partial charge in [0.2, 0.25) is 5.95 Å². The number of anilines is 2. The molecule has 0 radical (unpaired) electrons. The maximum Gasteiger partial charge on any atom is 0.313 e. The van der Waals surface area contributed by atoms with E-state index in [4.69, 9.17) is 10.5 Å². The Morgan fingerprint density at radius 1 is 1.35 bits per heavy atom. The summed E-state index contributed by atoms with van der Waals surface area (Å²) >= 11 is 0. The zero-order valence-electron chi connectivity index (χ0n) is 14.1. The summed E-state index contributed by atoms with van der Waals surface area (Å²) in [4.78, 5) is 23.6. The lowest BCUT2D eigenvalue weighted by Crippen LogP contribution is -2.57. The summed E-state index contributed by atoms with van der Waals surface area (Å²) in [5.74, 6) is 1.50. The minimum Gasteiger partial charge on any atom is -0.469 e. The lowest BCUT2D eigenvalue weighted by atomic mass is 9.48. The topological polar surface area (TPSA) is 81.3 Å². The molecule has 1 aliphatic heterocycles. The van der Waals surface area contributed by atoms with Gasteiger partial charge in [0.05, 0.1) is 18.2 Å². The molecule has 124 valence electrons. The molecule has 2 N–H and O–H groups in total. The van der Waals surface area contributed by atoms with Crippen LogP contribution in [-0.4, -0.2) is 36.1 Å². The van der Waals surface area contributed by atoms with Gasteiger partial charge in [0.15, 0.2) is 0 Å². The third-order valence-corrected chi connectivity index (χ3v) is 6.08. The first kappa shape index (κ1) is 14.7. The summed E-state index contributed by atoms with van der Waals surface area (Å²) in [5.41, 5.74) is 7.99. The third kappa shape index (κ3) is 1.90. The van der Waals surface area contributed by atoms with E-state index in [1.54, 1.807) is 0 Å². The number of carbonyl (C=O) groups excluding carboxylic acids is 1. The zero-order chi connectivity index (χ0) is 16.4. The first-order chi connectivity index (χ1) is 10.9. The number of hydrogen-bond acceptors (Lipinski definition) is 6. The standard InChI is InChI=1S/C17H24N4O2/c1-16(2)8-17(14(22)23-3)9-21(7-12(16)17)13-10-5-4-6-11(10)19-15(18)20-13/h12H,4-9H2,1-3H3,(H2,18,19,20)/t12-,17+/m1/s1. The predicted octanol–water partition coefficient (Wildman–Crippen LogP) is 1.57. The molecule has 2 fully saturated rings. The first-order valence-corrected chi connectivity index (χ1v) is 8.36. The van der Waals surface area contributed by atoms with Crippen molar-refractivity contribution in [2.45, 2.75) is 39.5 Å². The van der Waals surface area contributed by atoms with Crippen LogP contribution in [0, 0.1) is 16.7 Å². The molecule has 23 heavy (non-hydrogen) atoms. The number of aryl methyl sites for hydroxylation is 1. The van der Waals surface area contributed by atoms with Crippen LogP contribution in [0.25, 0.3) is 0 Å². The van der Waals surface area contributed by atoms with Gasteiger partial charge in [-0.1, -0.05) is 13.8 Å². The molecule has 1 saturated heterocycles. The van der Waals surface area contributed by atoms with Gasteiger partial charge >= 0.3 is 5.97 Å². The molecule has 1 saturated carbocycles. The number of carbonyl (C=O) groups is 1. The van der Waals surface area contributed by atoms with Crippen LogP contribution >= 0.6 is 0 Å². The lowest BCUT2D eigenvalue weighted by Gasteiger charge is -2.54. The van der Waals surface area contributed by atoms with Crippen molar-refractivity contribution >= 4 is 17.7 Å². The predicted molar refractivity (Wildman–Crippen MR) is 87.0 cm³/mol. The van der Waals surface area contributed by atoms with Crippen molar-refractivity contribution in [1.82, 2.24) is 9.97 Å².